The molecule has 9 heteroatoms. The summed E-state index contributed by atoms with van der Waals surface area (Å²) >= 11 is 2.29. The Hall–Kier alpha value is -5.13. The van der Waals surface area contributed by atoms with Gasteiger partial charge in [0.1, 0.15) is 11.5 Å². The maximum Gasteiger partial charge on any atom is 0.162 e. The maximum atomic E-state index is 11.5. The lowest BCUT2D eigenvalue weighted by Gasteiger charge is -2.14. The van der Waals surface area contributed by atoms with E-state index in [1.165, 1.54) is 16.2 Å². The smallest absolute Gasteiger partial charge is 0.162 e. The van der Waals surface area contributed by atoms with Crippen LogP contribution in [0.25, 0.3) is 0 Å². The molecule has 0 radical (unpaired) electrons. The van der Waals surface area contributed by atoms with Crippen molar-refractivity contribution in [2.24, 2.45) is 0 Å². The number of carbonyl (C=O) groups is 2. The second-order valence-electron chi connectivity index (χ2n) is 11.9. The molecule has 8 nitrogen and oxygen atoms in total. The zero-order chi connectivity index (χ0) is 39.5. The number of rotatable bonds is 12. The molecule has 0 aliphatic rings. The first-order valence-corrected chi connectivity index (χ1v) is 18.2. The number of hydrogen-bond acceptors (Lipinski definition) is 8. The molecule has 4 aromatic rings. The van der Waals surface area contributed by atoms with Crippen molar-refractivity contribution in [1.82, 2.24) is 0 Å². The lowest BCUT2D eigenvalue weighted by molar-refractivity contribution is 0.111. The lowest BCUT2D eigenvalue weighted by atomic mass is 10.1. The quantitative estimate of drug-likeness (QED) is 0.0793. The van der Waals surface area contributed by atoms with E-state index in [9.17, 15) is 9.59 Å². The van der Waals surface area contributed by atoms with Crippen LogP contribution in [-0.4, -0.2) is 52.2 Å². The summed E-state index contributed by atoms with van der Waals surface area (Å²) in [6, 6.07) is 18.6. The van der Waals surface area contributed by atoms with E-state index in [-0.39, 0.29) is 12.2 Å². The summed E-state index contributed by atoms with van der Waals surface area (Å²) in [5.74, 6) is 12.6. The number of carbonyl (C=O) groups excluding carboxylic acids is 2. The average molecular weight is 833 g/mol. The molecule has 53 heavy (non-hydrogen) atoms. The highest BCUT2D eigenvalue weighted by atomic mass is 127. The Morgan fingerprint density at radius 3 is 1.53 bits per heavy atom. The third-order valence-electron chi connectivity index (χ3n) is 7.06. The summed E-state index contributed by atoms with van der Waals surface area (Å²) < 4.78 is 33.9. The van der Waals surface area contributed by atoms with Gasteiger partial charge in [-0.15, -0.1) is 6.42 Å². The zero-order valence-corrected chi connectivity index (χ0v) is 34.4. The number of hydrogen-bond donors (Lipinski definition) is 0. The summed E-state index contributed by atoms with van der Waals surface area (Å²) in [5.41, 5.74) is 5.08. The van der Waals surface area contributed by atoms with Gasteiger partial charge in [0.05, 0.1) is 39.6 Å². The number of aryl methyl sites for hydroxylation is 2. The Morgan fingerprint density at radius 1 is 0.642 bits per heavy atom. The van der Waals surface area contributed by atoms with Gasteiger partial charge in [0.15, 0.2) is 35.6 Å². The summed E-state index contributed by atoms with van der Waals surface area (Å²) in [6.07, 6.45) is 6.77. The van der Waals surface area contributed by atoms with Crippen molar-refractivity contribution in [1.29, 1.82) is 0 Å². The molecule has 0 aliphatic carbocycles. The Morgan fingerprint density at radius 2 is 1.11 bits per heavy atom. The van der Waals surface area contributed by atoms with Gasteiger partial charge in [0.25, 0.3) is 0 Å². The van der Waals surface area contributed by atoms with Crippen LogP contribution in [0, 0.1) is 41.6 Å². The van der Waals surface area contributed by atoms with Crippen LogP contribution >= 0.6 is 22.6 Å². The van der Waals surface area contributed by atoms with Gasteiger partial charge in [-0.2, -0.15) is 0 Å². The van der Waals surface area contributed by atoms with Crippen LogP contribution in [0.2, 0.25) is 0 Å². The molecule has 0 N–H and O–H groups in total. The van der Waals surface area contributed by atoms with Gasteiger partial charge in [-0.1, -0.05) is 17.8 Å². The Balaban J connectivity index is 0.000000305. The second-order valence-corrected chi connectivity index (χ2v) is 13.1. The summed E-state index contributed by atoms with van der Waals surface area (Å²) in [4.78, 5) is 22.3. The molecule has 0 aliphatic heterocycles. The second kappa shape index (κ2) is 22.7. The Labute approximate surface area is 328 Å². The zero-order valence-electron chi connectivity index (χ0n) is 32.2. The molecule has 0 aromatic heterocycles. The van der Waals surface area contributed by atoms with Crippen LogP contribution in [0.4, 0.5) is 0 Å². The van der Waals surface area contributed by atoms with Crippen molar-refractivity contribution < 1.29 is 38.0 Å². The van der Waals surface area contributed by atoms with Gasteiger partial charge < -0.3 is 28.4 Å². The fourth-order valence-corrected chi connectivity index (χ4v) is 5.35. The van der Waals surface area contributed by atoms with E-state index in [4.69, 9.17) is 34.8 Å². The van der Waals surface area contributed by atoms with Crippen LogP contribution in [0.5, 0.6) is 34.5 Å². The van der Waals surface area contributed by atoms with Gasteiger partial charge in [0, 0.05) is 43.5 Å². The first-order chi connectivity index (χ1) is 25.3. The third kappa shape index (κ3) is 14.1. The lowest BCUT2D eigenvalue weighted by Crippen LogP contribution is -2.07. The Bertz CT molecular complexity index is 1930. The molecule has 0 unspecified atom stereocenters. The molecule has 0 saturated heterocycles. The van der Waals surface area contributed by atoms with Gasteiger partial charge in [0.2, 0.25) is 0 Å². The van der Waals surface area contributed by atoms with E-state index in [0.717, 1.165) is 35.5 Å². The van der Waals surface area contributed by atoms with Crippen molar-refractivity contribution in [3.8, 4) is 58.7 Å². The van der Waals surface area contributed by atoms with E-state index in [1.54, 1.807) is 31.4 Å². The van der Waals surface area contributed by atoms with Crippen molar-refractivity contribution in [3.63, 3.8) is 0 Å². The molecule has 0 heterocycles. The summed E-state index contributed by atoms with van der Waals surface area (Å²) in [6.45, 7) is 17.0. The number of halogens is 1. The SMILES string of the molecule is C#Cc1cc(OC)c(OC(C)C)cc1C=O.CCOc1ccc(C#Cc2cc(OC)c(OC(C)C)cc2C=O)cc1C.CCOc1ccc(I)cc1C. The maximum absolute atomic E-state index is 11.5. The molecule has 0 saturated carbocycles. The number of benzene rings is 4. The van der Waals surface area contributed by atoms with Gasteiger partial charge in [-0.05, 0) is 138 Å². The molecular formula is C44H49IO8. The van der Waals surface area contributed by atoms with Gasteiger partial charge in [-0.25, -0.2) is 0 Å². The first kappa shape index (κ1) is 44.0. The minimum Gasteiger partial charge on any atom is -0.494 e. The van der Waals surface area contributed by atoms with Crippen molar-refractivity contribution >= 4 is 35.2 Å². The number of ether oxygens (including phenoxy) is 6. The highest BCUT2D eigenvalue weighted by Gasteiger charge is 2.13. The van der Waals surface area contributed by atoms with E-state index < -0.39 is 0 Å². The van der Waals surface area contributed by atoms with Gasteiger partial charge in [-0.3, -0.25) is 9.59 Å². The average Bonchev–Trinajstić information content (AvgIpc) is 3.13. The summed E-state index contributed by atoms with van der Waals surface area (Å²) in [7, 11) is 3.10. The highest BCUT2D eigenvalue weighted by Crippen LogP contribution is 2.32. The van der Waals surface area contributed by atoms with Crippen molar-refractivity contribution in [3.05, 3.63) is 103 Å². The monoisotopic (exact) mass is 832 g/mol. The molecule has 280 valence electrons. The molecule has 4 aromatic carbocycles. The van der Waals surface area contributed by atoms with Crippen LogP contribution < -0.4 is 28.4 Å². The van der Waals surface area contributed by atoms with E-state index >= 15 is 0 Å². The van der Waals surface area contributed by atoms with E-state index in [0.29, 0.717) is 58.1 Å². The highest BCUT2D eigenvalue weighted by molar-refractivity contribution is 14.1. The van der Waals surface area contributed by atoms with Crippen LogP contribution in [-0.2, 0) is 0 Å². The minimum atomic E-state index is -0.0211. The minimum absolute atomic E-state index is 0.00471. The fraction of sp³-hybridized carbons (Fsp3) is 0.318. The largest absolute Gasteiger partial charge is 0.494 e. The molecule has 0 amide bonds. The standard InChI is InChI=1S/C22H24O4.C13H14O3.C9H11IO/c1-6-25-20-10-8-17(11-16(20)4)7-9-18-12-21(24-5)22(26-15(2)3)13-19(18)14-23;1-5-10-6-12(15-4)13(16-9(2)3)7-11(10)8-14;1-3-11-9-5-4-8(10)6-7(9)2/h8,10-15H,6H2,1-5H3;1,6-9H,2-4H3;4-6H,3H2,1-2H3. The first-order valence-electron chi connectivity index (χ1n) is 17.1. The predicted molar refractivity (Wildman–Crippen MR) is 220 cm³/mol. The van der Waals surface area contributed by atoms with Crippen LogP contribution in [0.3, 0.4) is 0 Å². The molecule has 0 fully saturated rings. The normalized spacial score (nSPS) is 9.89. The predicted octanol–water partition coefficient (Wildman–Crippen LogP) is 9.68. The molecule has 4 rings (SSSR count). The number of methoxy groups -OCH3 is 2. The van der Waals surface area contributed by atoms with E-state index in [1.807, 2.05) is 72.7 Å². The van der Waals surface area contributed by atoms with E-state index in [2.05, 4.69) is 59.4 Å². The number of aldehydes is 2. The molecule has 0 atom stereocenters. The molecule has 0 bridgehead atoms. The van der Waals surface area contributed by atoms with Crippen LogP contribution in [0.1, 0.15) is 90.1 Å². The van der Waals surface area contributed by atoms with Crippen molar-refractivity contribution in [2.45, 2.75) is 67.6 Å². The third-order valence-corrected chi connectivity index (χ3v) is 7.73. The topological polar surface area (TPSA) is 89.5 Å². The summed E-state index contributed by atoms with van der Waals surface area (Å²) in [5, 5.41) is 0. The van der Waals surface area contributed by atoms with Crippen LogP contribution in [0.15, 0.2) is 60.7 Å². The Kier molecular flexibility index (Phi) is 18.9. The van der Waals surface area contributed by atoms with Crippen molar-refractivity contribution in [2.75, 3.05) is 27.4 Å². The fourth-order valence-electron chi connectivity index (χ4n) is 4.71. The molecule has 0 spiro atoms. The van der Waals surface area contributed by atoms with Gasteiger partial charge >= 0.3 is 0 Å². The number of terminal acetylenes is 1. The molecular weight excluding hydrogens is 783 g/mol.